The molecule has 0 radical (unpaired) electrons. The largest absolute Gasteiger partial charge is 0.348 e. The lowest BCUT2D eigenvalue weighted by Gasteiger charge is -2.29. The number of carbonyl (C=O) groups is 2. The molecule has 2 amide bonds. The van der Waals surface area contributed by atoms with Crippen molar-refractivity contribution in [1.82, 2.24) is 10.2 Å². The number of benzene rings is 1. The Morgan fingerprint density at radius 1 is 1.29 bits per heavy atom. The molecule has 126 valence electrons. The maximum atomic E-state index is 12.7. The number of nitrogens with one attached hydrogen (secondary N) is 1. The first kappa shape index (κ1) is 16.7. The SMILES string of the molecule is CN1CC[C@H](C(=O)N[C@@H](Cc2ccccc2)c2cccs2)CC1=O. The molecule has 0 saturated carbocycles. The van der Waals surface area contributed by atoms with Gasteiger partial charge in [-0.2, -0.15) is 0 Å². The van der Waals surface area contributed by atoms with Crippen molar-refractivity contribution in [1.29, 1.82) is 0 Å². The fourth-order valence-corrected chi connectivity index (χ4v) is 3.80. The van der Waals surface area contributed by atoms with E-state index in [1.54, 1.807) is 23.3 Å². The second-order valence-electron chi connectivity index (χ2n) is 6.27. The standard InChI is InChI=1S/C19H22N2O2S/c1-21-10-9-15(13-18(21)22)19(23)20-16(17-8-5-11-24-17)12-14-6-3-2-4-7-14/h2-8,11,15-16H,9-10,12-13H2,1H3,(H,20,23)/t15-,16-/m0/s1. The van der Waals surface area contributed by atoms with Gasteiger partial charge in [0.1, 0.15) is 0 Å². The summed E-state index contributed by atoms with van der Waals surface area (Å²) >= 11 is 1.65. The van der Waals surface area contributed by atoms with Gasteiger partial charge in [-0.25, -0.2) is 0 Å². The lowest BCUT2D eigenvalue weighted by molar-refractivity contribution is -0.139. The molecule has 2 heterocycles. The number of rotatable bonds is 5. The molecule has 3 rings (SSSR count). The van der Waals surface area contributed by atoms with Gasteiger partial charge in [0, 0.05) is 30.8 Å². The van der Waals surface area contributed by atoms with E-state index < -0.39 is 0 Å². The van der Waals surface area contributed by atoms with Crippen LogP contribution in [0.25, 0.3) is 0 Å². The Labute approximate surface area is 146 Å². The van der Waals surface area contributed by atoms with E-state index in [0.717, 1.165) is 17.7 Å². The number of nitrogens with zero attached hydrogens (tertiary/aromatic N) is 1. The summed E-state index contributed by atoms with van der Waals surface area (Å²) in [6, 6.07) is 14.2. The Morgan fingerprint density at radius 2 is 2.08 bits per heavy atom. The van der Waals surface area contributed by atoms with Gasteiger partial charge >= 0.3 is 0 Å². The van der Waals surface area contributed by atoms with E-state index in [1.807, 2.05) is 29.6 Å². The molecule has 2 atom stereocenters. The van der Waals surface area contributed by atoms with Gasteiger partial charge in [0.05, 0.1) is 6.04 Å². The zero-order valence-electron chi connectivity index (χ0n) is 13.8. The van der Waals surface area contributed by atoms with E-state index in [2.05, 4.69) is 23.5 Å². The Balaban J connectivity index is 1.70. The van der Waals surface area contributed by atoms with Crippen LogP contribution in [0.5, 0.6) is 0 Å². The summed E-state index contributed by atoms with van der Waals surface area (Å²) in [7, 11) is 1.79. The average Bonchev–Trinajstić information content (AvgIpc) is 3.12. The zero-order chi connectivity index (χ0) is 16.9. The molecule has 1 saturated heterocycles. The van der Waals surface area contributed by atoms with Crippen LogP contribution in [0.1, 0.15) is 29.3 Å². The molecule has 0 bridgehead atoms. The summed E-state index contributed by atoms with van der Waals surface area (Å²) < 4.78 is 0. The van der Waals surface area contributed by atoms with Gasteiger partial charge in [0.15, 0.2) is 0 Å². The molecule has 24 heavy (non-hydrogen) atoms. The summed E-state index contributed by atoms with van der Waals surface area (Å²) in [5.74, 6) is -0.171. The molecule has 1 aromatic carbocycles. The average molecular weight is 342 g/mol. The van der Waals surface area contributed by atoms with Gasteiger partial charge in [-0.3, -0.25) is 9.59 Å². The van der Waals surface area contributed by atoms with Crippen molar-refractivity contribution in [3.05, 3.63) is 58.3 Å². The van der Waals surface area contributed by atoms with Crippen molar-refractivity contribution in [3.8, 4) is 0 Å². The molecule has 1 N–H and O–H groups in total. The van der Waals surface area contributed by atoms with Crippen molar-refractivity contribution >= 4 is 23.2 Å². The van der Waals surface area contributed by atoms with Crippen LogP contribution >= 0.6 is 11.3 Å². The molecular weight excluding hydrogens is 320 g/mol. The number of piperidine rings is 1. The highest BCUT2D eigenvalue weighted by Gasteiger charge is 2.30. The highest BCUT2D eigenvalue weighted by molar-refractivity contribution is 7.10. The molecule has 0 aliphatic carbocycles. The number of carbonyl (C=O) groups excluding carboxylic acids is 2. The highest BCUT2D eigenvalue weighted by Crippen LogP contribution is 2.25. The van der Waals surface area contributed by atoms with Gasteiger partial charge in [-0.1, -0.05) is 36.4 Å². The number of amides is 2. The summed E-state index contributed by atoms with van der Waals surface area (Å²) in [4.78, 5) is 27.4. The zero-order valence-corrected chi connectivity index (χ0v) is 14.6. The third-order valence-electron chi connectivity index (χ3n) is 4.52. The van der Waals surface area contributed by atoms with Gasteiger partial charge < -0.3 is 10.2 Å². The maximum Gasteiger partial charge on any atom is 0.224 e. The van der Waals surface area contributed by atoms with E-state index in [-0.39, 0.29) is 23.8 Å². The lowest BCUT2D eigenvalue weighted by Crippen LogP contribution is -2.43. The number of likely N-dealkylation sites (tertiary alicyclic amines) is 1. The van der Waals surface area contributed by atoms with Crippen LogP contribution in [-0.4, -0.2) is 30.3 Å². The van der Waals surface area contributed by atoms with Crippen LogP contribution in [0.15, 0.2) is 47.8 Å². The van der Waals surface area contributed by atoms with Crippen molar-refractivity contribution in [2.75, 3.05) is 13.6 Å². The molecule has 1 fully saturated rings. The lowest BCUT2D eigenvalue weighted by atomic mass is 9.94. The molecule has 1 aliphatic rings. The summed E-state index contributed by atoms with van der Waals surface area (Å²) in [6.07, 6.45) is 1.80. The summed E-state index contributed by atoms with van der Waals surface area (Å²) in [6.45, 7) is 0.652. The Morgan fingerprint density at radius 3 is 2.75 bits per heavy atom. The van der Waals surface area contributed by atoms with Crippen molar-refractivity contribution in [2.45, 2.75) is 25.3 Å². The molecule has 5 heteroatoms. The van der Waals surface area contributed by atoms with Gasteiger partial charge in [-0.15, -0.1) is 11.3 Å². The first-order valence-corrected chi connectivity index (χ1v) is 9.13. The second kappa shape index (κ2) is 7.62. The Kier molecular flexibility index (Phi) is 5.30. The van der Waals surface area contributed by atoms with Crippen LogP contribution in [0.2, 0.25) is 0 Å². The number of thiophene rings is 1. The van der Waals surface area contributed by atoms with E-state index >= 15 is 0 Å². The van der Waals surface area contributed by atoms with Gasteiger partial charge in [-0.05, 0) is 29.9 Å². The minimum Gasteiger partial charge on any atom is -0.348 e. The molecule has 0 spiro atoms. The normalized spacial score (nSPS) is 19.1. The second-order valence-corrected chi connectivity index (χ2v) is 7.25. The molecule has 4 nitrogen and oxygen atoms in total. The molecule has 2 aromatic rings. The van der Waals surface area contributed by atoms with Gasteiger partial charge in [0.2, 0.25) is 11.8 Å². The fourth-order valence-electron chi connectivity index (χ4n) is 3.02. The minimum absolute atomic E-state index is 0.00854. The van der Waals surface area contributed by atoms with E-state index in [1.165, 1.54) is 5.56 Å². The first-order valence-electron chi connectivity index (χ1n) is 8.25. The van der Waals surface area contributed by atoms with E-state index in [4.69, 9.17) is 0 Å². The van der Waals surface area contributed by atoms with Gasteiger partial charge in [0.25, 0.3) is 0 Å². The smallest absolute Gasteiger partial charge is 0.224 e. The molecule has 1 aromatic heterocycles. The Bertz CT molecular complexity index is 685. The van der Waals surface area contributed by atoms with Crippen LogP contribution in [0.3, 0.4) is 0 Å². The highest BCUT2D eigenvalue weighted by atomic mass is 32.1. The summed E-state index contributed by atoms with van der Waals surface area (Å²) in [5.41, 5.74) is 1.19. The monoisotopic (exact) mass is 342 g/mol. The van der Waals surface area contributed by atoms with Crippen LogP contribution in [-0.2, 0) is 16.0 Å². The van der Waals surface area contributed by atoms with Crippen molar-refractivity contribution in [2.24, 2.45) is 5.92 Å². The van der Waals surface area contributed by atoms with Crippen LogP contribution in [0.4, 0.5) is 0 Å². The van der Waals surface area contributed by atoms with Crippen LogP contribution < -0.4 is 5.32 Å². The number of hydrogen-bond acceptors (Lipinski definition) is 3. The number of hydrogen-bond donors (Lipinski definition) is 1. The third kappa shape index (κ3) is 4.03. The maximum absolute atomic E-state index is 12.7. The van der Waals surface area contributed by atoms with Crippen LogP contribution in [0, 0.1) is 5.92 Å². The molecular formula is C19H22N2O2S. The predicted octanol–water partition coefficient (Wildman–Crippen LogP) is 3.02. The third-order valence-corrected chi connectivity index (χ3v) is 5.50. The minimum atomic E-state index is -0.216. The first-order chi connectivity index (χ1) is 11.6. The fraction of sp³-hybridized carbons (Fsp3) is 0.368. The quantitative estimate of drug-likeness (QED) is 0.908. The van der Waals surface area contributed by atoms with Crippen molar-refractivity contribution < 1.29 is 9.59 Å². The van der Waals surface area contributed by atoms with Crippen molar-refractivity contribution in [3.63, 3.8) is 0 Å². The Hall–Kier alpha value is -2.14. The molecule has 0 unspecified atom stereocenters. The van der Waals surface area contributed by atoms with E-state index in [9.17, 15) is 9.59 Å². The predicted molar refractivity (Wildman–Crippen MR) is 95.7 cm³/mol. The molecule has 1 aliphatic heterocycles. The topological polar surface area (TPSA) is 49.4 Å². The summed E-state index contributed by atoms with van der Waals surface area (Å²) in [5, 5.41) is 5.20. The van der Waals surface area contributed by atoms with E-state index in [0.29, 0.717) is 13.0 Å².